The Hall–Kier alpha value is -3.99. The Morgan fingerprint density at radius 3 is 2.20 bits per heavy atom. The van der Waals surface area contributed by atoms with Crippen LogP contribution in [0.4, 0.5) is 0 Å². The van der Waals surface area contributed by atoms with E-state index in [0.29, 0.717) is 31.2 Å². The molecule has 1 aliphatic rings. The standard InChI is InChI=1S/C36H40N2O6S2/c1-26(2)27-18-20-28(21-19-27)30-12-9-17-34(24-30)46(42,43)38-22-10-13-31(25-38)29-11-8-14-32(23-29)44-36(3,4)35(39)37-45(40,41)33-15-6-5-7-16-33/h5-9,11-12,14-21,23-24,26,31H,10,13,22,25H2,1-4H3,(H,37,39). The number of benzene rings is 4. The number of hydrogen-bond acceptors (Lipinski definition) is 6. The molecule has 1 fully saturated rings. The van der Waals surface area contributed by atoms with Crippen molar-refractivity contribution in [1.29, 1.82) is 0 Å². The summed E-state index contributed by atoms with van der Waals surface area (Å²) in [5.74, 6) is -0.107. The third-order valence-electron chi connectivity index (χ3n) is 8.30. The van der Waals surface area contributed by atoms with Gasteiger partial charge in [0, 0.05) is 13.1 Å². The average Bonchev–Trinajstić information content (AvgIpc) is 3.05. The first kappa shape index (κ1) is 33.4. The molecule has 10 heteroatoms. The number of ether oxygens (including phenoxy) is 1. The molecule has 46 heavy (non-hydrogen) atoms. The number of nitrogens with one attached hydrogen (secondary N) is 1. The van der Waals surface area contributed by atoms with Crippen LogP contribution in [0.1, 0.15) is 63.5 Å². The molecule has 0 spiro atoms. The molecule has 0 saturated carbocycles. The first-order valence-electron chi connectivity index (χ1n) is 15.4. The van der Waals surface area contributed by atoms with Gasteiger partial charge in [0.1, 0.15) is 5.75 Å². The Morgan fingerprint density at radius 2 is 1.50 bits per heavy atom. The van der Waals surface area contributed by atoms with E-state index in [1.165, 1.54) is 31.5 Å². The summed E-state index contributed by atoms with van der Waals surface area (Å²) in [6, 6.07) is 30.2. The third-order valence-corrected chi connectivity index (χ3v) is 11.5. The minimum atomic E-state index is -4.07. The maximum atomic E-state index is 13.8. The number of nitrogens with zero attached hydrogens (tertiary/aromatic N) is 1. The Morgan fingerprint density at radius 1 is 0.826 bits per heavy atom. The molecule has 0 bridgehead atoms. The molecule has 1 aliphatic heterocycles. The van der Waals surface area contributed by atoms with E-state index in [1.54, 1.807) is 58.9 Å². The van der Waals surface area contributed by atoms with Crippen molar-refractivity contribution in [2.24, 2.45) is 0 Å². The van der Waals surface area contributed by atoms with Gasteiger partial charge in [-0.05, 0) is 97.2 Å². The van der Waals surface area contributed by atoms with Crippen LogP contribution in [-0.2, 0) is 24.8 Å². The van der Waals surface area contributed by atoms with Crippen molar-refractivity contribution in [3.8, 4) is 16.9 Å². The lowest BCUT2D eigenvalue weighted by Gasteiger charge is -2.32. The van der Waals surface area contributed by atoms with Gasteiger partial charge in [-0.15, -0.1) is 0 Å². The van der Waals surface area contributed by atoms with Crippen LogP contribution in [0.2, 0.25) is 0 Å². The van der Waals surface area contributed by atoms with Gasteiger partial charge in [-0.3, -0.25) is 4.79 Å². The fraction of sp³-hybridized carbons (Fsp3) is 0.306. The van der Waals surface area contributed by atoms with Crippen molar-refractivity contribution in [2.75, 3.05) is 13.1 Å². The number of carbonyl (C=O) groups excluding carboxylic acids is 1. The van der Waals surface area contributed by atoms with E-state index in [4.69, 9.17) is 4.74 Å². The minimum Gasteiger partial charge on any atom is -0.478 e. The van der Waals surface area contributed by atoms with Gasteiger partial charge in [0.2, 0.25) is 10.0 Å². The van der Waals surface area contributed by atoms with E-state index in [0.717, 1.165) is 23.1 Å². The Kier molecular flexibility index (Phi) is 9.72. The summed E-state index contributed by atoms with van der Waals surface area (Å²) in [6.45, 7) is 8.00. The van der Waals surface area contributed by atoms with Gasteiger partial charge >= 0.3 is 0 Å². The van der Waals surface area contributed by atoms with Crippen LogP contribution in [0, 0.1) is 0 Å². The van der Waals surface area contributed by atoms with E-state index >= 15 is 0 Å². The van der Waals surface area contributed by atoms with Gasteiger partial charge in [0.25, 0.3) is 15.9 Å². The van der Waals surface area contributed by atoms with Crippen LogP contribution in [0.25, 0.3) is 11.1 Å². The topological polar surface area (TPSA) is 110 Å². The molecular formula is C36H40N2O6S2. The zero-order valence-electron chi connectivity index (χ0n) is 26.5. The summed E-state index contributed by atoms with van der Waals surface area (Å²) < 4.78 is 62.7. The van der Waals surface area contributed by atoms with E-state index in [2.05, 4.69) is 30.7 Å². The zero-order chi connectivity index (χ0) is 33.1. The first-order chi connectivity index (χ1) is 21.8. The van der Waals surface area contributed by atoms with Crippen molar-refractivity contribution in [2.45, 2.75) is 67.8 Å². The Bertz CT molecular complexity index is 1910. The molecule has 5 rings (SSSR count). The molecule has 1 atom stereocenters. The molecule has 242 valence electrons. The lowest BCUT2D eigenvalue weighted by atomic mass is 9.91. The molecule has 0 radical (unpaired) electrons. The predicted molar refractivity (Wildman–Crippen MR) is 180 cm³/mol. The molecule has 1 heterocycles. The van der Waals surface area contributed by atoms with Crippen LogP contribution in [0.3, 0.4) is 0 Å². The monoisotopic (exact) mass is 660 g/mol. The maximum Gasteiger partial charge on any atom is 0.277 e. The van der Waals surface area contributed by atoms with Crippen LogP contribution < -0.4 is 9.46 Å². The van der Waals surface area contributed by atoms with E-state index < -0.39 is 31.6 Å². The quantitative estimate of drug-likeness (QED) is 0.203. The van der Waals surface area contributed by atoms with E-state index in [-0.39, 0.29) is 15.7 Å². The highest BCUT2D eigenvalue weighted by molar-refractivity contribution is 7.90. The number of carbonyl (C=O) groups is 1. The normalized spacial score (nSPS) is 16.2. The lowest BCUT2D eigenvalue weighted by Crippen LogP contribution is -2.48. The van der Waals surface area contributed by atoms with Crippen LogP contribution in [0.5, 0.6) is 5.75 Å². The highest BCUT2D eigenvalue weighted by Gasteiger charge is 2.35. The van der Waals surface area contributed by atoms with Crippen molar-refractivity contribution >= 4 is 26.0 Å². The number of rotatable bonds is 10. The fourth-order valence-electron chi connectivity index (χ4n) is 5.55. The molecule has 0 aromatic heterocycles. The highest BCUT2D eigenvalue weighted by atomic mass is 32.2. The minimum absolute atomic E-state index is 0.0232. The Labute approximate surface area is 272 Å². The molecule has 1 N–H and O–H groups in total. The second-order valence-electron chi connectivity index (χ2n) is 12.4. The molecule has 0 aliphatic carbocycles. The van der Waals surface area contributed by atoms with E-state index in [1.807, 2.05) is 24.3 Å². The molecule has 4 aromatic carbocycles. The van der Waals surface area contributed by atoms with Gasteiger partial charge in [-0.2, -0.15) is 4.31 Å². The molecule has 8 nitrogen and oxygen atoms in total. The second-order valence-corrected chi connectivity index (χ2v) is 16.1. The first-order valence-corrected chi connectivity index (χ1v) is 18.3. The van der Waals surface area contributed by atoms with Gasteiger partial charge in [0.05, 0.1) is 9.79 Å². The molecule has 4 aromatic rings. The summed E-state index contributed by atoms with van der Waals surface area (Å²) in [5, 5.41) is 0. The fourth-order valence-corrected chi connectivity index (χ4v) is 8.25. The van der Waals surface area contributed by atoms with Crippen molar-refractivity contribution in [1.82, 2.24) is 9.03 Å². The van der Waals surface area contributed by atoms with Crippen LogP contribution >= 0.6 is 0 Å². The van der Waals surface area contributed by atoms with Crippen LogP contribution in [-0.4, -0.2) is 45.7 Å². The van der Waals surface area contributed by atoms with Gasteiger partial charge in [-0.1, -0.05) is 80.6 Å². The molecule has 1 unspecified atom stereocenters. The van der Waals surface area contributed by atoms with Gasteiger partial charge in [0.15, 0.2) is 5.60 Å². The molecule has 1 saturated heterocycles. The van der Waals surface area contributed by atoms with Gasteiger partial charge < -0.3 is 4.74 Å². The van der Waals surface area contributed by atoms with Crippen molar-refractivity contribution in [3.05, 3.63) is 114 Å². The summed E-state index contributed by atoms with van der Waals surface area (Å²) in [4.78, 5) is 13.2. The molecule has 1 amide bonds. The zero-order valence-corrected chi connectivity index (χ0v) is 28.1. The number of piperidine rings is 1. The number of amides is 1. The predicted octanol–water partition coefficient (Wildman–Crippen LogP) is 6.71. The number of hydrogen-bond donors (Lipinski definition) is 1. The summed E-state index contributed by atoms with van der Waals surface area (Å²) in [7, 11) is -7.82. The van der Waals surface area contributed by atoms with E-state index in [9.17, 15) is 21.6 Å². The Balaban J connectivity index is 1.29. The van der Waals surface area contributed by atoms with Gasteiger partial charge in [-0.25, -0.2) is 21.6 Å². The number of sulfonamides is 2. The average molecular weight is 661 g/mol. The van der Waals surface area contributed by atoms with Crippen molar-refractivity contribution in [3.63, 3.8) is 0 Å². The van der Waals surface area contributed by atoms with Crippen LogP contribution in [0.15, 0.2) is 113 Å². The highest BCUT2D eigenvalue weighted by Crippen LogP contribution is 2.34. The smallest absolute Gasteiger partial charge is 0.277 e. The second kappa shape index (κ2) is 13.4. The summed E-state index contributed by atoms with van der Waals surface area (Å²) in [6.07, 6.45) is 1.48. The largest absolute Gasteiger partial charge is 0.478 e. The molecular weight excluding hydrogens is 621 g/mol. The maximum absolute atomic E-state index is 13.8. The van der Waals surface area contributed by atoms with Crippen molar-refractivity contribution < 1.29 is 26.4 Å². The summed E-state index contributed by atoms with van der Waals surface area (Å²) in [5.41, 5.74) is 2.40. The SMILES string of the molecule is CC(C)c1ccc(-c2cccc(S(=O)(=O)N3CCCC(c4cccc(OC(C)(C)C(=O)NS(=O)(=O)c5ccccc5)c4)C3)c2)cc1. The lowest BCUT2D eigenvalue weighted by molar-refractivity contribution is -0.132. The third kappa shape index (κ3) is 7.52. The summed E-state index contributed by atoms with van der Waals surface area (Å²) >= 11 is 0.